The fourth-order valence-corrected chi connectivity index (χ4v) is 4.99. The van der Waals surface area contributed by atoms with Crippen molar-refractivity contribution in [2.45, 2.75) is 56.4 Å². The van der Waals surface area contributed by atoms with Crippen LogP contribution in [0.1, 0.15) is 66.2 Å². The molecule has 2 aromatic rings. The zero-order valence-corrected chi connectivity index (χ0v) is 18.1. The van der Waals surface area contributed by atoms with E-state index in [1.54, 1.807) is 11.0 Å². The summed E-state index contributed by atoms with van der Waals surface area (Å²) in [5.41, 5.74) is -0.158. The quantitative estimate of drug-likeness (QED) is 0.643. The van der Waals surface area contributed by atoms with Gasteiger partial charge in [-0.25, -0.2) is 4.52 Å². The van der Waals surface area contributed by atoms with Gasteiger partial charge >= 0.3 is 6.18 Å². The lowest BCUT2D eigenvalue weighted by Gasteiger charge is -2.45. The van der Waals surface area contributed by atoms with Gasteiger partial charge in [0.2, 0.25) is 0 Å². The minimum absolute atomic E-state index is 0.0378. The molecular weight excluding hydrogens is 447 g/mol. The lowest BCUT2D eigenvalue weighted by atomic mass is 9.99. The third-order valence-corrected chi connectivity index (χ3v) is 7.66. The van der Waals surface area contributed by atoms with E-state index in [2.05, 4.69) is 5.10 Å². The number of hydrogen-bond acceptors (Lipinski definition) is 4. The molecule has 0 unspecified atom stereocenters. The Morgan fingerprint density at radius 2 is 1.75 bits per heavy atom. The fraction of sp³-hybridized carbons (Fsp3) is 0.636. The molecule has 0 radical (unpaired) electrons. The monoisotopic (exact) mass is 469 g/mol. The first-order valence-corrected chi connectivity index (χ1v) is 11.4. The average Bonchev–Trinajstić information content (AvgIpc) is 3.70. The number of nitrogens with zero attached hydrogens (tertiary/aromatic N) is 3. The smallest absolute Gasteiger partial charge is 0.349 e. The van der Waals surface area contributed by atoms with E-state index in [0.29, 0.717) is 44.7 Å². The van der Waals surface area contributed by atoms with Gasteiger partial charge in [0.25, 0.3) is 5.91 Å². The first kappa shape index (κ1) is 20.7. The molecule has 6 rings (SSSR count). The van der Waals surface area contributed by atoms with E-state index in [1.807, 2.05) is 0 Å². The lowest BCUT2D eigenvalue weighted by molar-refractivity contribution is -0.302. The van der Waals surface area contributed by atoms with Crippen molar-refractivity contribution in [1.82, 2.24) is 14.5 Å². The van der Waals surface area contributed by atoms with Crippen molar-refractivity contribution < 1.29 is 27.4 Å². The number of amides is 1. The second-order valence-corrected chi connectivity index (χ2v) is 10.1. The van der Waals surface area contributed by atoms with Crippen LogP contribution in [-0.4, -0.2) is 52.5 Å². The number of aromatic nitrogens is 2. The van der Waals surface area contributed by atoms with Gasteiger partial charge in [0, 0.05) is 31.3 Å². The first-order valence-electron chi connectivity index (χ1n) is 11.1. The second-order valence-electron chi connectivity index (χ2n) is 9.69. The predicted octanol–water partition coefficient (Wildman–Crippen LogP) is 4.64. The summed E-state index contributed by atoms with van der Waals surface area (Å²) in [6, 6.07) is 2.75. The molecular formula is C22H23ClF3N3O3. The Labute approximate surface area is 187 Å². The number of fused-ring (bicyclic) bond motifs is 1. The maximum atomic E-state index is 13.7. The van der Waals surface area contributed by atoms with Crippen LogP contribution >= 0.6 is 11.6 Å². The summed E-state index contributed by atoms with van der Waals surface area (Å²) in [5, 5.41) is 3.98. The Kier molecular flexibility index (Phi) is 4.43. The molecule has 10 heteroatoms. The van der Waals surface area contributed by atoms with Crippen LogP contribution in [-0.2, 0) is 15.7 Å². The Morgan fingerprint density at radius 1 is 1.09 bits per heavy atom. The summed E-state index contributed by atoms with van der Waals surface area (Å²) < 4.78 is 54.0. The summed E-state index contributed by atoms with van der Waals surface area (Å²) in [4.78, 5) is 14.7. The van der Waals surface area contributed by atoms with Crippen molar-refractivity contribution in [3.05, 3.63) is 34.1 Å². The summed E-state index contributed by atoms with van der Waals surface area (Å²) in [7, 11) is 0. The zero-order valence-electron chi connectivity index (χ0n) is 17.4. The van der Waals surface area contributed by atoms with Crippen molar-refractivity contribution in [2.75, 3.05) is 26.3 Å². The van der Waals surface area contributed by atoms with Gasteiger partial charge in [-0.1, -0.05) is 11.6 Å². The highest BCUT2D eigenvalue weighted by atomic mass is 35.5. The van der Waals surface area contributed by atoms with Crippen molar-refractivity contribution >= 4 is 23.0 Å². The Morgan fingerprint density at radius 3 is 2.31 bits per heavy atom. The molecule has 0 bridgehead atoms. The molecule has 4 aliphatic rings. The standard InChI is InChI=1S/C22H23ClF3N3O3/c23-17-15-9-14(13-1-2-13)10-16(22(24,25)26)29(15)27-18(17)19(30)28-7-5-21(6-8-28)31-11-20(3-4-20)12-32-21/h9-10,13H,1-8,11-12H2. The van der Waals surface area contributed by atoms with Crippen LogP contribution in [0.25, 0.3) is 5.52 Å². The second kappa shape index (κ2) is 6.84. The van der Waals surface area contributed by atoms with Gasteiger partial charge in [-0.05, 0) is 49.3 Å². The van der Waals surface area contributed by atoms with E-state index in [4.69, 9.17) is 21.1 Å². The minimum atomic E-state index is -4.61. The maximum Gasteiger partial charge on any atom is 0.433 e. The number of alkyl halides is 3. The molecule has 32 heavy (non-hydrogen) atoms. The number of likely N-dealkylation sites (tertiary alicyclic amines) is 1. The first-order chi connectivity index (χ1) is 15.2. The van der Waals surface area contributed by atoms with Gasteiger partial charge in [0.05, 0.1) is 23.8 Å². The van der Waals surface area contributed by atoms with Crippen LogP contribution in [0.2, 0.25) is 5.02 Å². The number of ether oxygens (including phenoxy) is 2. The average molecular weight is 470 g/mol. The number of carbonyl (C=O) groups is 1. The van der Waals surface area contributed by atoms with Crippen LogP contribution in [0.15, 0.2) is 12.1 Å². The van der Waals surface area contributed by atoms with Gasteiger partial charge < -0.3 is 14.4 Å². The SMILES string of the molecule is O=C(c1nn2c(C(F)(F)F)cc(C3CC3)cc2c1Cl)N1CCC2(CC1)OCC1(CC1)CO2. The van der Waals surface area contributed by atoms with E-state index in [-0.39, 0.29) is 27.6 Å². The summed E-state index contributed by atoms with van der Waals surface area (Å²) in [6.45, 7) is 2.11. The summed E-state index contributed by atoms with van der Waals surface area (Å²) in [6.07, 6.45) is 0.381. The maximum absolute atomic E-state index is 13.7. The van der Waals surface area contributed by atoms with Crippen molar-refractivity contribution in [1.29, 1.82) is 0 Å². The van der Waals surface area contributed by atoms with Crippen molar-refractivity contribution in [3.8, 4) is 0 Å². The van der Waals surface area contributed by atoms with Crippen molar-refractivity contribution in [3.63, 3.8) is 0 Å². The number of rotatable bonds is 2. The highest BCUT2D eigenvalue weighted by Crippen LogP contribution is 2.51. The van der Waals surface area contributed by atoms with Gasteiger partial charge in [-0.15, -0.1) is 0 Å². The van der Waals surface area contributed by atoms with Crippen molar-refractivity contribution in [2.24, 2.45) is 5.41 Å². The normalized spacial score (nSPS) is 24.4. The van der Waals surface area contributed by atoms with Crippen LogP contribution in [0.4, 0.5) is 13.2 Å². The number of hydrogen-bond donors (Lipinski definition) is 0. The van der Waals surface area contributed by atoms with E-state index in [0.717, 1.165) is 36.3 Å². The lowest BCUT2D eigenvalue weighted by Crippen LogP contribution is -2.53. The summed E-state index contributed by atoms with van der Waals surface area (Å²) >= 11 is 6.42. The fourth-order valence-electron chi connectivity index (χ4n) is 4.74. The molecule has 2 saturated heterocycles. The predicted molar refractivity (Wildman–Crippen MR) is 109 cm³/mol. The molecule has 2 spiro atoms. The number of pyridine rings is 1. The van der Waals surface area contributed by atoms with Gasteiger partial charge in [0.15, 0.2) is 11.5 Å². The number of piperidine rings is 1. The molecule has 0 aromatic carbocycles. The number of carbonyl (C=O) groups excluding carboxylic acids is 1. The highest BCUT2D eigenvalue weighted by molar-refractivity contribution is 6.36. The molecule has 6 nitrogen and oxygen atoms in total. The molecule has 4 heterocycles. The van der Waals surface area contributed by atoms with Gasteiger partial charge in [-0.2, -0.15) is 18.3 Å². The van der Waals surface area contributed by atoms with E-state index < -0.39 is 23.6 Å². The zero-order chi connectivity index (χ0) is 22.3. The van der Waals surface area contributed by atoms with E-state index >= 15 is 0 Å². The molecule has 2 aliphatic heterocycles. The third-order valence-electron chi connectivity index (χ3n) is 7.29. The minimum Gasteiger partial charge on any atom is -0.349 e. The molecule has 2 saturated carbocycles. The molecule has 0 atom stereocenters. The molecule has 0 N–H and O–H groups in total. The van der Waals surface area contributed by atoms with Crippen LogP contribution in [0.3, 0.4) is 0 Å². The summed E-state index contributed by atoms with van der Waals surface area (Å²) in [5.74, 6) is -1.03. The molecule has 2 aromatic heterocycles. The number of halogens is 4. The Balaban J connectivity index is 1.26. The molecule has 172 valence electrons. The third kappa shape index (κ3) is 3.40. The molecule has 4 fully saturated rings. The molecule has 2 aliphatic carbocycles. The topological polar surface area (TPSA) is 56.1 Å². The van der Waals surface area contributed by atoms with E-state index in [1.165, 1.54) is 0 Å². The van der Waals surface area contributed by atoms with Crippen LogP contribution < -0.4 is 0 Å². The van der Waals surface area contributed by atoms with Crippen LogP contribution in [0, 0.1) is 5.41 Å². The van der Waals surface area contributed by atoms with Crippen LogP contribution in [0.5, 0.6) is 0 Å². The molecule has 1 amide bonds. The largest absolute Gasteiger partial charge is 0.433 e. The Bertz CT molecular complexity index is 1090. The van der Waals surface area contributed by atoms with Gasteiger partial charge in [0.1, 0.15) is 5.69 Å². The van der Waals surface area contributed by atoms with E-state index in [9.17, 15) is 18.0 Å². The highest BCUT2D eigenvalue weighted by Gasteiger charge is 2.52. The Hall–Kier alpha value is -1.84. The van der Waals surface area contributed by atoms with Gasteiger partial charge in [-0.3, -0.25) is 4.79 Å².